The molecule has 1 aromatic rings. The second-order valence-corrected chi connectivity index (χ2v) is 6.42. The van der Waals surface area contributed by atoms with Crippen LogP contribution >= 0.6 is 35.7 Å². The summed E-state index contributed by atoms with van der Waals surface area (Å²) in [5.41, 5.74) is 8.20. The molecule has 0 saturated carbocycles. The van der Waals surface area contributed by atoms with E-state index in [1.54, 1.807) is 0 Å². The Kier molecular flexibility index (Phi) is 11.9. The van der Waals surface area contributed by atoms with Crippen molar-refractivity contribution >= 4 is 47.4 Å². The summed E-state index contributed by atoms with van der Waals surface area (Å²) in [4.78, 5) is 4.36. The zero-order valence-electron chi connectivity index (χ0n) is 13.3. The van der Waals surface area contributed by atoms with Crippen molar-refractivity contribution in [2.75, 3.05) is 23.4 Å². The van der Waals surface area contributed by atoms with Crippen LogP contribution in [0.3, 0.4) is 0 Å². The molecule has 0 amide bonds. The first-order chi connectivity index (χ1) is 9.61. The number of aliphatic imine (C=N–C) groups is 1. The highest BCUT2D eigenvalue weighted by atomic mass is 127. The van der Waals surface area contributed by atoms with Crippen LogP contribution in [0.2, 0.25) is 0 Å². The molecule has 21 heavy (non-hydrogen) atoms. The third-order valence-corrected chi connectivity index (χ3v) is 4.27. The molecule has 0 bridgehead atoms. The molecule has 0 aliphatic carbocycles. The standard InChI is InChI=1S/C16H27N3S.HI/c1-4-14-7-5-8-15(11-14)19-16(17)18-9-6-10-20-12-13(2)3;/h5,7-8,11,13H,4,6,9-10,12H2,1-3H3,(H3,17,18,19);1H. The summed E-state index contributed by atoms with van der Waals surface area (Å²) in [6.07, 6.45) is 2.11. The fourth-order valence-corrected chi connectivity index (χ4v) is 2.71. The number of halogens is 1. The predicted molar refractivity (Wildman–Crippen MR) is 108 cm³/mol. The van der Waals surface area contributed by atoms with Crippen LogP contribution in [0, 0.1) is 5.92 Å². The van der Waals surface area contributed by atoms with Crippen molar-refractivity contribution < 1.29 is 0 Å². The monoisotopic (exact) mass is 421 g/mol. The zero-order chi connectivity index (χ0) is 14.8. The van der Waals surface area contributed by atoms with E-state index in [0.29, 0.717) is 5.96 Å². The normalized spacial score (nSPS) is 11.3. The summed E-state index contributed by atoms with van der Waals surface area (Å²) in [6.45, 7) is 7.43. The lowest BCUT2D eigenvalue weighted by molar-refractivity contribution is 0.749. The van der Waals surface area contributed by atoms with Crippen LogP contribution in [-0.2, 0) is 6.42 Å². The first-order valence-electron chi connectivity index (χ1n) is 7.35. The number of guanidine groups is 1. The zero-order valence-corrected chi connectivity index (χ0v) is 16.4. The van der Waals surface area contributed by atoms with Gasteiger partial charge in [0, 0.05) is 12.2 Å². The van der Waals surface area contributed by atoms with Gasteiger partial charge in [-0.2, -0.15) is 11.8 Å². The fourth-order valence-electron chi connectivity index (χ4n) is 1.74. The molecular formula is C16H28IN3S. The summed E-state index contributed by atoms with van der Waals surface area (Å²) < 4.78 is 0. The molecule has 1 aromatic carbocycles. The molecule has 0 atom stereocenters. The van der Waals surface area contributed by atoms with Gasteiger partial charge < -0.3 is 11.1 Å². The quantitative estimate of drug-likeness (QED) is 0.284. The van der Waals surface area contributed by atoms with Crippen molar-refractivity contribution in [2.24, 2.45) is 16.6 Å². The molecule has 0 spiro atoms. The highest BCUT2D eigenvalue weighted by Gasteiger charge is 1.97. The highest BCUT2D eigenvalue weighted by Crippen LogP contribution is 2.11. The summed E-state index contributed by atoms with van der Waals surface area (Å²) in [5.74, 6) is 3.65. The van der Waals surface area contributed by atoms with E-state index in [0.717, 1.165) is 36.7 Å². The van der Waals surface area contributed by atoms with Crippen molar-refractivity contribution in [3.05, 3.63) is 29.8 Å². The molecule has 1 rings (SSSR count). The number of anilines is 1. The van der Waals surface area contributed by atoms with Crippen LogP contribution in [0.1, 0.15) is 32.8 Å². The van der Waals surface area contributed by atoms with E-state index in [1.807, 2.05) is 23.9 Å². The van der Waals surface area contributed by atoms with Gasteiger partial charge in [-0.1, -0.05) is 32.9 Å². The number of hydrogen-bond acceptors (Lipinski definition) is 2. The van der Waals surface area contributed by atoms with Crippen LogP contribution in [0.25, 0.3) is 0 Å². The Hall–Kier alpha value is -0.430. The van der Waals surface area contributed by atoms with E-state index in [1.165, 1.54) is 11.3 Å². The van der Waals surface area contributed by atoms with E-state index in [-0.39, 0.29) is 24.0 Å². The Morgan fingerprint density at radius 2 is 2.14 bits per heavy atom. The lowest BCUT2D eigenvalue weighted by atomic mass is 10.1. The van der Waals surface area contributed by atoms with Gasteiger partial charge in [0.1, 0.15) is 0 Å². The Labute approximate surface area is 150 Å². The third-order valence-electron chi connectivity index (χ3n) is 2.79. The number of nitrogens with two attached hydrogens (primary N) is 1. The minimum atomic E-state index is 0. The average Bonchev–Trinajstić information content (AvgIpc) is 2.42. The average molecular weight is 421 g/mol. The lowest BCUT2D eigenvalue weighted by Gasteiger charge is -2.07. The smallest absolute Gasteiger partial charge is 0.193 e. The fraction of sp³-hybridized carbons (Fsp3) is 0.562. The topological polar surface area (TPSA) is 50.4 Å². The molecule has 3 nitrogen and oxygen atoms in total. The first-order valence-corrected chi connectivity index (χ1v) is 8.51. The van der Waals surface area contributed by atoms with Gasteiger partial charge in [-0.05, 0) is 48.0 Å². The molecule has 0 aromatic heterocycles. The SMILES string of the molecule is CCc1cccc(NC(N)=NCCCSCC(C)C)c1.I. The van der Waals surface area contributed by atoms with Gasteiger partial charge >= 0.3 is 0 Å². The molecule has 0 aliphatic rings. The number of nitrogens with zero attached hydrogens (tertiary/aromatic N) is 1. The number of rotatable bonds is 8. The maximum atomic E-state index is 5.89. The second kappa shape index (κ2) is 12.1. The van der Waals surface area contributed by atoms with Gasteiger partial charge in [-0.25, -0.2) is 0 Å². The van der Waals surface area contributed by atoms with Crippen LogP contribution < -0.4 is 11.1 Å². The molecule has 0 saturated heterocycles. The molecule has 0 unspecified atom stereocenters. The third kappa shape index (κ3) is 10.0. The largest absolute Gasteiger partial charge is 0.370 e. The molecule has 0 radical (unpaired) electrons. The Morgan fingerprint density at radius 3 is 2.81 bits per heavy atom. The number of nitrogens with one attached hydrogen (secondary N) is 1. The maximum Gasteiger partial charge on any atom is 0.193 e. The summed E-state index contributed by atoms with van der Waals surface area (Å²) >= 11 is 1.99. The second-order valence-electron chi connectivity index (χ2n) is 5.27. The number of thioether (sulfide) groups is 1. The number of hydrogen-bond donors (Lipinski definition) is 2. The van der Waals surface area contributed by atoms with Crippen LogP contribution in [0.4, 0.5) is 5.69 Å². The number of aryl methyl sites for hydroxylation is 1. The summed E-state index contributed by atoms with van der Waals surface area (Å²) in [6, 6.07) is 8.28. The van der Waals surface area contributed by atoms with Crippen molar-refractivity contribution in [3.8, 4) is 0 Å². The molecule has 120 valence electrons. The first kappa shape index (κ1) is 20.6. The molecule has 0 heterocycles. The van der Waals surface area contributed by atoms with E-state index < -0.39 is 0 Å². The van der Waals surface area contributed by atoms with E-state index in [9.17, 15) is 0 Å². The molecule has 0 fully saturated rings. The van der Waals surface area contributed by atoms with Gasteiger partial charge in [0.2, 0.25) is 0 Å². The summed E-state index contributed by atoms with van der Waals surface area (Å²) in [7, 11) is 0. The molecular weight excluding hydrogens is 393 g/mol. The highest BCUT2D eigenvalue weighted by molar-refractivity contribution is 14.0. The molecule has 0 aliphatic heterocycles. The predicted octanol–water partition coefficient (Wildman–Crippen LogP) is 4.37. The lowest BCUT2D eigenvalue weighted by Crippen LogP contribution is -2.23. The van der Waals surface area contributed by atoms with E-state index >= 15 is 0 Å². The van der Waals surface area contributed by atoms with E-state index in [4.69, 9.17) is 5.73 Å². The van der Waals surface area contributed by atoms with E-state index in [2.05, 4.69) is 43.2 Å². The van der Waals surface area contributed by atoms with Gasteiger partial charge in [0.15, 0.2) is 5.96 Å². The maximum absolute atomic E-state index is 5.89. The van der Waals surface area contributed by atoms with Crippen LogP contribution in [0.15, 0.2) is 29.3 Å². The van der Waals surface area contributed by atoms with Gasteiger partial charge in [0.25, 0.3) is 0 Å². The number of benzene rings is 1. The minimum Gasteiger partial charge on any atom is -0.370 e. The van der Waals surface area contributed by atoms with Gasteiger partial charge in [-0.3, -0.25) is 4.99 Å². The van der Waals surface area contributed by atoms with Crippen molar-refractivity contribution in [1.82, 2.24) is 0 Å². The minimum absolute atomic E-state index is 0. The molecule has 5 heteroatoms. The van der Waals surface area contributed by atoms with Crippen molar-refractivity contribution in [1.29, 1.82) is 0 Å². The summed E-state index contributed by atoms with van der Waals surface area (Å²) in [5, 5.41) is 3.15. The van der Waals surface area contributed by atoms with Crippen LogP contribution in [0.5, 0.6) is 0 Å². The Morgan fingerprint density at radius 1 is 1.38 bits per heavy atom. The van der Waals surface area contributed by atoms with Crippen molar-refractivity contribution in [2.45, 2.75) is 33.6 Å². The Bertz CT molecular complexity index is 422. The van der Waals surface area contributed by atoms with Gasteiger partial charge in [0.05, 0.1) is 0 Å². The van der Waals surface area contributed by atoms with Crippen molar-refractivity contribution in [3.63, 3.8) is 0 Å². The van der Waals surface area contributed by atoms with Crippen LogP contribution in [-0.4, -0.2) is 24.0 Å². The molecule has 3 N–H and O–H groups in total. The van der Waals surface area contributed by atoms with Gasteiger partial charge in [-0.15, -0.1) is 24.0 Å². The Balaban J connectivity index is 0.00000400.